The summed E-state index contributed by atoms with van der Waals surface area (Å²) in [5, 5.41) is 19.6. The second-order valence-corrected chi connectivity index (χ2v) is 4.14. The van der Waals surface area contributed by atoms with Gasteiger partial charge in [0.15, 0.2) is 0 Å². The number of hydrogen-bond donors (Lipinski definition) is 3. The summed E-state index contributed by atoms with van der Waals surface area (Å²) in [4.78, 5) is 0. The summed E-state index contributed by atoms with van der Waals surface area (Å²) in [6.07, 6.45) is 9.31. The van der Waals surface area contributed by atoms with Crippen molar-refractivity contribution in [2.75, 3.05) is 26.3 Å². The molecule has 0 saturated heterocycles. The van der Waals surface area contributed by atoms with Crippen LogP contribution in [0.5, 0.6) is 0 Å². The third kappa shape index (κ3) is 13.9. The van der Waals surface area contributed by atoms with E-state index in [1.54, 1.807) is 0 Å². The van der Waals surface area contributed by atoms with Crippen molar-refractivity contribution in [3.63, 3.8) is 0 Å². The molecule has 0 fully saturated rings. The maximum atomic E-state index is 8.58. The molecule has 3 nitrogen and oxygen atoms in total. The molecule has 0 spiro atoms. The fraction of sp³-hybridized carbons (Fsp3) is 1.00. The second kappa shape index (κ2) is 13.9. The zero-order valence-electron chi connectivity index (χ0n) is 9.96. The van der Waals surface area contributed by atoms with E-state index in [-0.39, 0.29) is 0 Å². The Kier molecular flexibility index (Phi) is 13.8. The lowest BCUT2D eigenvalue weighted by Crippen LogP contribution is -2.84. The fourth-order valence-corrected chi connectivity index (χ4v) is 1.65. The first-order valence-corrected chi connectivity index (χ1v) is 6.45. The van der Waals surface area contributed by atoms with Gasteiger partial charge in [-0.3, -0.25) is 0 Å². The van der Waals surface area contributed by atoms with Gasteiger partial charge in [-0.25, -0.2) is 0 Å². The molecule has 0 atom stereocenters. The van der Waals surface area contributed by atoms with Crippen molar-refractivity contribution in [1.82, 2.24) is 0 Å². The molecule has 0 aliphatic rings. The Morgan fingerprint density at radius 1 is 0.533 bits per heavy atom. The molecule has 0 amide bonds. The minimum absolute atomic E-state index is 0.342. The minimum Gasteiger partial charge on any atom is -0.396 e. The highest BCUT2D eigenvalue weighted by Gasteiger charge is 1.93. The number of hydrogen-bond acceptors (Lipinski definition) is 2. The Bertz CT molecular complexity index is 97.8. The van der Waals surface area contributed by atoms with Crippen LogP contribution < -0.4 is 5.32 Å². The molecule has 4 N–H and O–H groups in total. The lowest BCUT2D eigenvalue weighted by molar-refractivity contribution is -0.655. The lowest BCUT2D eigenvalue weighted by Gasteiger charge is -2.01. The van der Waals surface area contributed by atoms with Crippen LogP contribution in [0.4, 0.5) is 0 Å². The number of aliphatic hydroxyl groups is 2. The van der Waals surface area contributed by atoms with Gasteiger partial charge in [-0.1, -0.05) is 12.8 Å². The highest BCUT2D eigenvalue weighted by molar-refractivity contribution is 4.41. The SMILES string of the molecule is OCCCCCC[NH2+]CCCCCCO. The molecule has 0 rings (SSSR count). The summed E-state index contributed by atoms with van der Waals surface area (Å²) in [6.45, 7) is 3.14. The van der Waals surface area contributed by atoms with Crippen LogP contribution in [0.15, 0.2) is 0 Å². The Morgan fingerprint density at radius 3 is 1.33 bits per heavy atom. The Labute approximate surface area is 93.9 Å². The van der Waals surface area contributed by atoms with Gasteiger partial charge in [-0.2, -0.15) is 0 Å². The maximum absolute atomic E-state index is 8.58. The Morgan fingerprint density at radius 2 is 0.933 bits per heavy atom. The van der Waals surface area contributed by atoms with Crippen molar-refractivity contribution in [2.45, 2.75) is 51.4 Å². The zero-order chi connectivity index (χ0) is 11.2. The van der Waals surface area contributed by atoms with Crippen LogP contribution in [0.2, 0.25) is 0 Å². The molecule has 0 unspecified atom stereocenters. The van der Waals surface area contributed by atoms with Crippen LogP contribution >= 0.6 is 0 Å². The van der Waals surface area contributed by atoms with Crippen LogP contribution in [0.1, 0.15) is 51.4 Å². The molecule has 15 heavy (non-hydrogen) atoms. The molecule has 92 valence electrons. The van der Waals surface area contributed by atoms with E-state index in [9.17, 15) is 0 Å². The van der Waals surface area contributed by atoms with E-state index in [1.165, 1.54) is 51.6 Å². The molecule has 0 heterocycles. The average molecular weight is 218 g/mol. The third-order valence-electron chi connectivity index (χ3n) is 2.63. The topological polar surface area (TPSA) is 57.1 Å². The van der Waals surface area contributed by atoms with Gasteiger partial charge in [0.25, 0.3) is 0 Å². The second-order valence-electron chi connectivity index (χ2n) is 4.14. The molecular formula is C12H28NO2+. The van der Waals surface area contributed by atoms with E-state index >= 15 is 0 Å². The average Bonchev–Trinajstić information content (AvgIpc) is 2.26. The van der Waals surface area contributed by atoms with Gasteiger partial charge >= 0.3 is 0 Å². The molecule has 0 aromatic rings. The number of unbranched alkanes of at least 4 members (excludes halogenated alkanes) is 6. The van der Waals surface area contributed by atoms with E-state index in [4.69, 9.17) is 10.2 Å². The van der Waals surface area contributed by atoms with Crippen molar-refractivity contribution in [1.29, 1.82) is 0 Å². The van der Waals surface area contributed by atoms with Gasteiger partial charge in [-0.05, 0) is 38.5 Å². The number of quaternary nitrogens is 1. The molecule has 0 aliphatic heterocycles. The summed E-state index contributed by atoms with van der Waals surface area (Å²) in [5.74, 6) is 0. The van der Waals surface area contributed by atoms with E-state index in [0.29, 0.717) is 13.2 Å². The first-order chi connectivity index (χ1) is 7.41. The normalized spacial score (nSPS) is 10.8. The summed E-state index contributed by atoms with van der Waals surface area (Å²) < 4.78 is 0. The van der Waals surface area contributed by atoms with E-state index < -0.39 is 0 Å². The van der Waals surface area contributed by atoms with Crippen molar-refractivity contribution >= 4 is 0 Å². The highest BCUT2D eigenvalue weighted by Crippen LogP contribution is 1.97. The van der Waals surface area contributed by atoms with Gasteiger partial charge in [0.1, 0.15) is 0 Å². The van der Waals surface area contributed by atoms with Gasteiger partial charge in [-0.15, -0.1) is 0 Å². The zero-order valence-corrected chi connectivity index (χ0v) is 9.96. The van der Waals surface area contributed by atoms with Crippen LogP contribution in [0, 0.1) is 0 Å². The van der Waals surface area contributed by atoms with Crippen molar-refractivity contribution in [3.8, 4) is 0 Å². The van der Waals surface area contributed by atoms with E-state index in [2.05, 4.69) is 5.32 Å². The predicted octanol–water partition coefficient (Wildman–Crippen LogP) is 0.655. The summed E-state index contributed by atoms with van der Waals surface area (Å²) in [7, 11) is 0. The number of aliphatic hydroxyl groups excluding tert-OH is 2. The lowest BCUT2D eigenvalue weighted by atomic mass is 10.2. The Balaban J connectivity index is 2.81. The summed E-state index contributed by atoms with van der Waals surface area (Å²) in [6, 6.07) is 0. The molecule has 0 radical (unpaired) electrons. The molecule has 0 aromatic carbocycles. The Hall–Kier alpha value is -0.120. The molecule has 0 bridgehead atoms. The largest absolute Gasteiger partial charge is 0.396 e. The molecule has 0 aliphatic carbocycles. The number of nitrogens with two attached hydrogens (primary N) is 1. The first-order valence-electron chi connectivity index (χ1n) is 6.45. The molecule has 0 aromatic heterocycles. The highest BCUT2D eigenvalue weighted by atomic mass is 16.3. The molecule has 0 saturated carbocycles. The van der Waals surface area contributed by atoms with Crippen molar-refractivity contribution < 1.29 is 15.5 Å². The minimum atomic E-state index is 0.342. The van der Waals surface area contributed by atoms with Gasteiger partial charge in [0.05, 0.1) is 13.1 Å². The molecular weight excluding hydrogens is 190 g/mol. The number of rotatable bonds is 12. The quantitative estimate of drug-likeness (QED) is 0.421. The van der Waals surface area contributed by atoms with Gasteiger partial charge in [0, 0.05) is 13.2 Å². The van der Waals surface area contributed by atoms with Crippen LogP contribution in [-0.4, -0.2) is 36.5 Å². The predicted molar refractivity (Wildman–Crippen MR) is 62.8 cm³/mol. The first kappa shape index (κ1) is 14.9. The van der Waals surface area contributed by atoms with Crippen LogP contribution in [0.3, 0.4) is 0 Å². The molecule has 3 heteroatoms. The monoisotopic (exact) mass is 218 g/mol. The maximum Gasteiger partial charge on any atom is 0.0755 e. The van der Waals surface area contributed by atoms with Crippen LogP contribution in [0.25, 0.3) is 0 Å². The third-order valence-corrected chi connectivity index (χ3v) is 2.63. The van der Waals surface area contributed by atoms with Gasteiger partial charge < -0.3 is 15.5 Å². The summed E-state index contributed by atoms with van der Waals surface area (Å²) in [5.41, 5.74) is 0. The van der Waals surface area contributed by atoms with Crippen LogP contribution in [-0.2, 0) is 0 Å². The van der Waals surface area contributed by atoms with E-state index in [0.717, 1.165) is 12.8 Å². The summed E-state index contributed by atoms with van der Waals surface area (Å²) >= 11 is 0. The van der Waals surface area contributed by atoms with E-state index in [1.807, 2.05) is 0 Å². The fourth-order valence-electron chi connectivity index (χ4n) is 1.65. The standard InChI is InChI=1S/C12H27NO2/c14-11-7-3-1-5-9-13-10-6-2-4-8-12-15/h13-15H,1-12H2/p+1. The van der Waals surface area contributed by atoms with Crippen molar-refractivity contribution in [3.05, 3.63) is 0 Å². The smallest absolute Gasteiger partial charge is 0.0755 e. The van der Waals surface area contributed by atoms with Gasteiger partial charge in [0.2, 0.25) is 0 Å². The van der Waals surface area contributed by atoms with Crippen molar-refractivity contribution in [2.24, 2.45) is 0 Å².